The summed E-state index contributed by atoms with van der Waals surface area (Å²) in [5.41, 5.74) is 2.58. The molecule has 1 saturated heterocycles. The van der Waals surface area contributed by atoms with Gasteiger partial charge in [0, 0.05) is 35.0 Å². The molecule has 1 atom stereocenters. The molecule has 2 heterocycles. The molecule has 31 heavy (non-hydrogen) atoms. The van der Waals surface area contributed by atoms with Crippen LogP contribution in [0.15, 0.2) is 42.7 Å². The Kier molecular flexibility index (Phi) is 6.66. The van der Waals surface area contributed by atoms with Crippen LogP contribution in [0.3, 0.4) is 0 Å². The fourth-order valence-corrected chi connectivity index (χ4v) is 3.43. The number of nitrogens with zero attached hydrogens (tertiary/aromatic N) is 3. The Morgan fingerprint density at radius 2 is 2.06 bits per heavy atom. The number of nitriles is 1. The number of carbonyl (C=O) groups excluding carboxylic acids is 2. The third kappa shape index (κ3) is 5.44. The summed E-state index contributed by atoms with van der Waals surface area (Å²) in [6.07, 6.45) is 4.04. The van der Waals surface area contributed by atoms with Gasteiger partial charge in [-0.2, -0.15) is 5.26 Å². The number of aromatic nitrogens is 1. The zero-order chi connectivity index (χ0) is 22.6. The number of amides is 2. The van der Waals surface area contributed by atoms with Gasteiger partial charge in [-0.25, -0.2) is 8.78 Å². The first kappa shape index (κ1) is 22.4. The van der Waals surface area contributed by atoms with Crippen LogP contribution in [0.4, 0.5) is 8.78 Å². The summed E-state index contributed by atoms with van der Waals surface area (Å²) < 4.78 is 27.1. The van der Waals surface area contributed by atoms with Gasteiger partial charge < -0.3 is 10.2 Å². The van der Waals surface area contributed by atoms with Gasteiger partial charge in [0.05, 0.1) is 19.2 Å². The molecule has 2 amide bonds. The number of halogens is 3. The van der Waals surface area contributed by atoms with E-state index in [2.05, 4.69) is 10.3 Å². The molecule has 1 aliphatic rings. The molecule has 0 bridgehead atoms. The molecule has 160 valence electrons. The van der Waals surface area contributed by atoms with Gasteiger partial charge in [0.2, 0.25) is 5.91 Å². The maximum atomic E-state index is 13.5. The van der Waals surface area contributed by atoms with Crippen LogP contribution in [0.2, 0.25) is 5.02 Å². The highest BCUT2D eigenvalue weighted by Gasteiger charge is 2.47. The van der Waals surface area contributed by atoms with E-state index in [1.807, 2.05) is 19.1 Å². The largest absolute Gasteiger partial charge is 0.343 e. The number of hydrogen-bond donors (Lipinski definition) is 1. The van der Waals surface area contributed by atoms with Crippen LogP contribution < -0.4 is 5.32 Å². The van der Waals surface area contributed by atoms with E-state index in [-0.39, 0.29) is 5.56 Å². The van der Waals surface area contributed by atoms with Crippen molar-refractivity contribution in [3.8, 4) is 6.07 Å². The van der Waals surface area contributed by atoms with Crippen LogP contribution in [0.5, 0.6) is 0 Å². The van der Waals surface area contributed by atoms with Crippen molar-refractivity contribution in [3.63, 3.8) is 0 Å². The van der Waals surface area contributed by atoms with Crippen molar-refractivity contribution in [2.24, 2.45) is 0 Å². The maximum absolute atomic E-state index is 13.5. The molecular weight excluding hydrogens is 426 g/mol. The van der Waals surface area contributed by atoms with E-state index in [4.69, 9.17) is 16.9 Å². The molecule has 0 radical (unpaired) electrons. The van der Waals surface area contributed by atoms with Gasteiger partial charge >= 0.3 is 0 Å². The van der Waals surface area contributed by atoms with Crippen molar-refractivity contribution in [1.29, 1.82) is 5.26 Å². The molecule has 2 aromatic rings. The fourth-order valence-electron chi connectivity index (χ4n) is 3.30. The molecular formula is C22H19ClF2N4O2. The maximum Gasteiger partial charge on any atom is 0.268 e. The summed E-state index contributed by atoms with van der Waals surface area (Å²) in [5, 5.41) is 12.1. The second-order valence-electron chi connectivity index (χ2n) is 7.21. The predicted octanol–water partition coefficient (Wildman–Crippen LogP) is 3.79. The lowest BCUT2D eigenvalue weighted by molar-refractivity contribution is -0.131. The number of pyridine rings is 1. The second kappa shape index (κ2) is 9.23. The van der Waals surface area contributed by atoms with E-state index < -0.39 is 43.3 Å². The van der Waals surface area contributed by atoms with Crippen LogP contribution in [-0.4, -0.2) is 46.8 Å². The minimum atomic E-state index is -3.11. The van der Waals surface area contributed by atoms with E-state index in [0.717, 1.165) is 16.0 Å². The molecule has 1 fully saturated rings. The molecule has 6 nitrogen and oxygen atoms in total. The number of likely N-dealkylation sites (tertiary alicyclic amines) is 1. The molecule has 1 N–H and O–H groups in total. The van der Waals surface area contributed by atoms with E-state index in [1.54, 1.807) is 24.3 Å². The molecule has 1 aromatic carbocycles. The smallest absolute Gasteiger partial charge is 0.268 e. The summed E-state index contributed by atoms with van der Waals surface area (Å²) in [7, 11) is 0. The van der Waals surface area contributed by atoms with Gasteiger partial charge in [-0.1, -0.05) is 23.7 Å². The fraction of sp³-hybridized carbons (Fsp3) is 0.273. The first-order chi connectivity index (χ1) is 14.7. The first-order valence-electron chi connectivity index (χ1n) is 9.43. The monoisotopic (exact) mass is 444 g/mol. The highest BCUT2D eigenvalue weighted by atomic mass is 35.5. The third-order valence-electron chi connectivity index (χ3n) is 4.91. The van der Waals surface area contributed by atoms with Crippen LogP contribution in [0, 0.1) is 11.3 Å². The SMILES string of the molecule is C/C(=C\c1cnccc1C(=O)NCC(=O)N1CC(F)(F)C[C@H]1C#N)c1ccc(Cl)cc1. The van der Waals surface area contributed by atoms with Gasteiger partial charge in [0.1, 0.15) is 6.04 Å². The first-order valence-corrected chi connectivity index (χ1v) is 9.81. The van der Waals surface area contributed by atoms with E-state index in [1.165, 1.54) is 18.5 Å². The summed E-state index contributed by atoms with van der Waals surface area (Å²) in [6.45, 7) is 0.551. The van der Waals surface area contributed by atoms with Crippen LogP contribution in [0.25, 0.3) is 11.6 Å². The van der Waals surface area contributed by atoms with Crippen molar-refractivity contribution in [1.82, 2.24) is 15.2 Å². The van der Waals surface area contributed by atoms with Crippen LogP contribution in [-0.2, 0) is 4.79 Å². The molecule has 0 unspecified atom stereocenters. The highest BCUT2D eigenvalue weighted by Crippen LogP contribution is 2.31. The van der Waals surface area contributed by atoms with Gasteiger partial charge in [-0.15, -0.1) is 0 Å². The van der Waals surface area contributed by atoms with Crippen molar-refractivity contribution >= 4 is 35.1 Å². The Bertz CT molecular complexity index is 1060. The predicted molar refractivity (Wildman–Crippen MR) is 112 cm³/mol. The Morgan fingerprint density at radius 3 is 2.74 bits per heavy atom. The Morgan fingerprint density at radius 1 is 1.35 bits per heavy atom. The Hall–Kier alpha value is -3.31. The normalized spacial score (nSPS) is 17.8. The van der Waals surface area contributed by atoms with E-state index >= 15 is 0 Å². The molecule has 1 aromatic heterocycles. The number of benzene rings is 1. The van der Waals surface area contributed by atoms with E-state index in [0.29, 0.717) is 10.6 Å². The zero-order valence-electron chi connectivity index (χ0n) is 16.6. The van der Waals surface area contributed by atoms with Gasteiger partial charge in [0.15, 0.2) is 0 Å². The lowest BCUT2D eigenvalue weighted by atomic mass is 10.0. The Balaban J connectivity index is 1.72. The average Bonchev–Trinajstić information content (AvgIpc) is 3.07. The van der Waals surface area contributed by atoms with Crippen molar-refractivity contribution in [3.05, 3.63) is 64.4 Å². The van der Waals surface area contributed by atoms with E-state index in [9.17, 15) is 18.4 Å². The number of rotatable bonds is 5. The molecule has 0 saturated carbocycles. The lowest BCUT2D eigenvalue weighted by Gasteiger charge is -2.19. The Labute approximate surface area is 183 Å². The van der Waals surface area contributed by atoms with Gasteiger partial charge in [-0.05, 0) is 42.3 Å². The second-order valence-corrected chi connectivity index (χ2v) is 7.64. The highest BCUT2D eigenvalue weighted by molar-refractivity contribution is 6.30. The minimum absolute atomic E-state index is 0.277. The van der Waals surface area contributed by atoms with Crippen molar-refractivity contribution < 1.29 is 18.4 Å². The number of alkyl halides is 2. The van der Waals surface area contributed by atoms with Gasteiger partial charge in [0.25, 0.3) is 11.8 Å². The summed E-state index contributed by atoms with van der Waals surface area (Å²) in [6, 6.07) is 9.21. The molecule has 0 spiro atoms. The molecule has 3 rings (SSSR count). The van der Waals surface area contributed by atoms with Gasteiger partial charge in [-0.3, -0.25) is 14.6 Å². The molecule has 1 aliphatic heterocycles. The van der Waals surface area contributed by atoms with Crippen molar-refractivity contribution in [2.75, 3.05) is 13.1 Å². The average molecular weight is 445 g/mol. The molecule has 0 aliphatic carbocycles. The zero-order valence-corrected chi connectivity index (χ0v) is 17.4. The van der Waals surface area contributed by atoms with Crippen molar-refractivity contribution in [2.45, 2.75) is 25.3 Å². The number of hydrogen-bond acceptors (Lipinski definition) is 4. The minimum Gasteiger partial charge on any atom is -0.343 e. The summed E-state index contributed by atoms with van der Waals surface area (Å²) in [4.78, 5) is 29.8. The summed E-state index contributed by atoms with van der Waals surface area (Å²) in [5.74, 6) is -4.39. The van der Waals surface area contributed by atoms with Crippen LogP contribution >= 0.6 is 11.6 Å². The topological polar surface area (TPSA) is 86.1 Å². The number of carbonyl (C=O) groups is 2. The van der Waals surface area contributed by atoms with Crippen LogP contribution in [0.1, 0.15) is 34.8 Å². The number of allylic oxidation sites excluding steroid dienone is 1. The molecule has 9 heteroatoms. The summed E-state index contributed by atoms with van der Waals surface area (Å²) >= 11 is 5.91. The lowest BCUT2D eigenvalue weighted by Crippen LogP contribution is -2.43. The number of nitrogens with one attached hydrogen (secondary N) is 1. The quantitative estimate of drug-likeness (QED) is 0.760. The third-order valence-corrected chi connectivity index (χ3v) is 5.16. The standard InChI is InChI=1S/C22H19ClF2N4O2/c1-14(15-2-4-17(23)5-3-15)8-16-11-27-7-6-19(16)21(31)28-12-20(30)29-13-22(24,25)9-18(29)10-26/h2-8,11,18H,9,12-13H2,1H3,(H,28,31)/b14-8+/t18-/m0/s1.